The lowest BCUT2D eigenvalue weighted by Crippen LogP contribution is -2.10. The van der Waals surface area contributed by atoms with Crippen LogP contribution in [0.25, 0.3) is 93.2 Å². The van der Waals surface area contributed by atoms with Gasteiger partial charge in [-0.15, -0.1) is 0 Å². The first-order chi connectivity index (χ1) is 29.2. The summed E-state index contributed by atoms with van der Waals surface area (Å²) in [7, 11) is 0. The number of benzene rings is 10. The second-order valence-corrected chi connectivity index (χ2v) is 15.3. The van der Waals surface area contributed by atoms with Crippen molar-refractivity contribution in [2.45, 2.75) is 0 Å². The van der Waals surface area contributed by atoms with E-state index < -0.39 is 0 Å². The highest BCUT2D eigenvalue weighted by Gasteiger charge is 2.19. The molecule has 0 fully saturated rings. The van der Waals surface area contributed by atoms with Gasteiger partial charge in [0.2, 0.25) is 0 Å². The van der Waals surface area contributed by atoms with Crippen molar-refractivity contribution < 1.29 is 4.42 Å². The molecule has 3 heteroatoms. The van der Waals surface area contributed by atoms with E-state index in [0.29, 0.717) is 0 Å². The van der Waals surface area contributed by atoms with E-state index >= 15 is 0 Å². The molecule has 0 bridgehead atoms. The summed E-state index contributed by atoms with van der Waals surface area (Å²) in [4.78, 5) is 2.37. The molecule has 276 valence electrons. The number of aromatic nitrogens is 1. The SMILES string of the molecule is c1ccc(-c2ccc(N(c3ccc4oc5cc(-c6ccc7c8ccccc8n(-c8cccc9ccccc89)c7c6)ccc5c4c3)c3cccc4ccccc34)cc2)cc1. The summed E-state index contributed by atoms with van der Waals surface area (Å²) in [6, 6.07) is 78.6. The number of fused-ring (bicyclic) bond motifs is 8. The molecule has 0 N–H and O–H groups in total. The molecule has 2 aromatic heterocycles. The van der Waals surface area contributed by atoms with Gasteiger partial charge in [0.05, 0.1) is 22.4 Å². The van der Waals surface area contributed by atoms with Crippen molar-refractivity contribution in [3.05, 3.63) is 218 Å². The third-order valence-electron chi connectivity index (χ3n) is 12.0. The third-order valence-corrected chi connectivity index (χ3v) is 12.0. The van der Waals surface area contributed by atoms with Crippen LogP contribution in [-0.2, 0) is 0 Å². The highest BCUT2D eigenvalue weighted by Crippen LogP contribution is 2.43. The molecule has 10 aromatic carbocycles. The fourth-order valence-corrected chi connectivity index (χ4v) is 9.16. The first-order valence-electron chi connectivity index (χ1n) is 20.2. The minimum Gasteiger partial charge on any atom is -0.456 e. The predicted molar refractivity (Wildman–Crippen MR) is 249 cm³/mol. The molecule has 0 aliphatic rings. The Labute approximate surface area is 341 Å². The number of nitrogens with zero attached hydrogens (tertiary/aromatic N) is 2. The fraction of sp³-hybridized carbons (Fsp3) is 0. The van der Waals surface area contributed by atoms with Crippen LogP contribution < -0.4 is 4.90 Å². The number of furan rings is 1. The van der Waals surface area contributed by atoms with E-state index in [4.69, 9.17) is 4.42 Å². The Balaban J connectivity index is 0.986. The molecule has 0 amide bonds. The Bertz CT molecular complexity index is 3550. The van der Waals surface area contributed by atoms with Gasteiger partial charge < -0.3 is 13.9 Å². The minimum absolute atomic E-state index is 0.865. The van der Waals surface area contributed by atoms with E-state index in [-0.39, 0.29) is 0 Å². The summed E-state index contributed by atoms with van der Waals surface area (Å²) in [5.41, 5.74) is 13.2. The summed E-state index contributed by atoms with van der Waals surface area (Å²) in [5.74, 6) is 0. The maximum atomic E-state index is 6.65. The van der Waals surface area contributed by atoms with Crippen molar-refractivity contribution >= 4 is 82.4 Å². The smallest absolute Gasteiger partial charge is 0.136 e. The summed E-state index contributed by atoms with van der Waals surface area (Å²) in [6.45, 7) is 0. The Hall–Kier alpha value is -7.88. The molecular formula is C56H36N2O. The largest absolute Gasteiger partial charge is 0.456 e. The molecular weight excluding hydrogens is 717 g/mol. The number of hydrogen-bond acceptors (Lipinski definition) is 2. The van der Waals surface area contributed by atoms with E-state index in [2.05, 4.69) is 228 Å². The zero-order valence-electron chi connectivity index (χ0n) is 32.1. The highest BCUT2D eigenvalue weighted by molar-refractivity contribution is 6.12. The number of rotatable bonds is 6. The molecule has 2 heterocycles. The summed E-state index contributed by atoms with van der Waals surface area (Å²) in [6.07, 6.45) is 0. The molecule has 0 aliphatic heterocycles. The second-order valence-electron chi connectivity index (χ2n) is 15.3. The van der Waals surface area contributed by atoms with Crippen molar-refractivity contribution in [3.8, 4) is 27.9 Å². The Kier molecular flexibility index (Phi) is 7.54. The van der Waals surface area contributed by atoms with Crippen molar-refractivity contribution in [1.82, 2.24) is 4.57 Å². The maximum Gasteiger partial charge on any atom is 0.136 e. The molecule has 0 unspecified atom stereocenters. The van der Waals surface area contributed by atoms with E-state index in [1.165, 1.54) is 60.2 Å². The van der Waals surface area contributed by atoms with Crippen LogP contribution in [0.1, 0.15) is 0 Å². The van der Waals surface area contributed by atoms with Crippen LogP contribution in [0.5, 0.6) is 0 Å². The summed E-state index contributed by atoms with van der Waals surface area (Å²) < 4.78 is 9.07. The van der Waals surface area contributed by atoms with Crippen molar-refractivity contribution in [1.29, 1.82) is 0 Å². The zero-order chi connectivity index (χ0) is 38.9. The topological polar surface area (TPSA) is 21.3 Å². The molecule has 0 atom stereocenters. The molecule has 12 rings (SSSR count). The van der Waals surface area contributed by atoms with Gasteiger partial charge in [0.1, 0.15) is 11.2 Å². The molecule has 0 aliphatic carbocycles. The van der Waals surface area contributed by atoms with E-state index in [1.807, 2.05) is 0 Å². The Morgan fingerprint density at radius 1 is 0.322 bits per heavy atom. The molecule has 3 nitrogen and oxygen atoms in total. The molecule has 12 aromatic rings. The van der Waals surface area contributed by atoms with Crippen molar-refractivity contribution in [2.75, 3.05) is 4.90 Å². The number of hydrogen-bond donors (Lipinski definition) is 0. The summed E-state index contributed by atoms with van der Waals surface area (Å²) in [5, 5.41) is 9.52. The molecule has 0 saturated heterocycles. The van der Waals surface area contributed by atoms with Gasteiger partial charge >= 0.3 is 0 Å². The van der Waals surface area contributed by atoms with E-state index in [9.17, 15) is 0 Å². The lowest BCUT2D eigenvalue weighted by Gasteiger charge is -2.27. The number of anilines is 3. The van der Waals surface area contributed by atoms with Gasteiger partial charge in [0.25, 0.3) is 0 Å². The lowest BCUT2D eigenvalue weighted by atomic mass is 10.0. The van der Waals surface area contributed by atoms with Crippen LogP contribution in [0.4, 0.5) is 17.1 Å². The third kappa shape index (κ3) is 5.44. The Morgan fingerprint density at radius 2 is 0.915 bits per heavy atom. The monoisotopic (exact) mass is 752 g/mol. The maximum absolute atomic E-state index is 6.65. The average Bonchev–Trinajstić information content (AvgIpc) is 3.84. The standard InChI is InChI=1S/C56H36N2O/c1-2-12-37(13-3-1)38-24-28-43(29-25-38)57(51-22-10-16-39-14-4-6-18-45(39)51)44-30-33-55-50(36-44)49-32-27-42(35-56(49)59-55)41-26-31-48-47-20-8-9-21-53(47)58(54(48)34-41)52-23-11-17-40-15-5-7-19-46(40)52/h1-36H. The van der Waals surface area contributed by atoms with Crippen LogP contribution >= 0.6 is 0 Å². The van der Waals surface area contributed by atoms with Crippen LogP contribution in [-0.4, -0.2) is 4.57 Å². The minimum atomic E-state index is 0.865. The van der Waals surface area contributed by atoms with Gasteiger partial charge in [0.15, 0.2) is 0 Å². The van der Waals surface area contributed by atoms with Crippen LogP contribution in [0.3, 0.4) is 0 Å². The van der Waals surface area contributed by atoms with Gasteiger partial charge in [-0.05, 0) is 99.8 Å². The van der Waals surface area contributed by atoms with Crippen molar-refractivity contribution in [2.24, 2.45) is 0 Å². The van der Waals surface area contributed by atoms with Gasteiger partial charge in [-0.2, -0.15) is 0 Å². The zero-order valence-corrected chi connectivity index (χ0v) is 32.1. The predicted octanol–water partition coefficient (Wildman–Crippen LogP) is 15.8. The fourth-order valence-electron chi connectivity index (χ4n) is 9.16. The quantitative estimate of drug-likeness (QED) is 0.169. The number of para-hydroxylation sites is 1. The molecule has 0 saturated carbocycles. The van der Waals surface area contributed by atoms with Crippen LogP contribution in [0, 0.1) is 0 Å². The van der Waals surface area contributed by atoms with Crippen LogP contribution in [0.2, 0.25) is 0 Å². The first kappa shape index (κ1) is 33.3. The van der Waals surface area contributed by atoms with Gasteiger partial charge in [-0.3, -0.25) is 0 Å². The highest BCUT2D eigenvalue weighted by atomic mass is 16.3. The van der Waals surface area contributed by atoms with E-state index in [0.717, 1.165) is 50.1 Å². The summed E-state index contributed by atoms with van der Waals surface area (Å²) >= 11 is 0. The van der Waals surface area contributed by atoms with Gasteiger partial charge in [0, 0.05) is 43.7 Å². The lowest BCUT2D eigenvalue weighted by molar-refractivity contribution is 0.669. The van der Waals surface area contributed by atoms with Crippen molar-refractivity contribution in [3.63, 3.8) is 0 Å². The first-order valence-corrected chi connectivity index (χ1v) is 20.2. The second kappa shape index (κ2) is 13.4. The van der Waals surface area contributed by atoms with Crippen LogP contribution in [0.15, 0.2) is 223 Å². The molecule has 59 heavy (non-hydrogen) atoms. The van der Waals surface area contributed by atoms with Gasteiger partial charge in [-0.25, -0.2) is 0 Å². The average molecular weight is 753 g/mol. The Morgan fingerprint density at radius 3 is 1.75 bits per heavy atom. The van der Waals surface area contributed by atoms with Gasteiger partial charge in [-0.1, -0.05) is 152 Å². The molecule has 0 spiro atoms. The normalized spacial score (nSPS) is 11.7. The van der Waals surface area contributed by atoms with E-state index in [1.54, 1.807) is 0 Å². The molecule has 0 radical (unpaired) electrons.